The number of hydrogen-bond acceptors (Lipinski definition) is 5. The second-order valence-electron chi connectivity index (χ2n) is 7.77. The number of imidazole rings is 1. The summed E-state index contributed by atoms with van der Waals surface area (Å²) >= 11 is 1.54. The number of ether oxygens (including phenoxy) is 1. The van der Waals surface area contributed by atoms with Crippen LogP contribution in [0, 0.1) is 5.82 Å². The first-order valence-electron chi connectivity index (χ1n) is 10.8. The number of carbonyl (C=O) groups excluding carboxylic acids is 1. The van der Waals surface area contributed by atoms with Crippen molar-refractivity contribution >= 4 is 22.2 Å². The van der Waals surface area contributed by atoms with Gasteiger partial charge in [0.15, 0.2) is 4.96 Å². The summed E-state index contributed by atoms with van der Waals surface area (Å²) < 4.78 is 26.2. The molecule has 5 rings (SSSR count). The fourth-order valence-corrected chi connectivity index (χ4v) is 4.76. The first-order valence-corrected chi connectivity index (χ1v) is 11.7. The van der Waals surface area contributed by atoms with Crippen LogP contribution in [0.5, 0.6) is 5.75 Å². The minimum Gasteiger partial charge on any atom is -0.496 e. The maximum Gasteiger partial charge on any atom is 0.258 e. The molecule has 0 fully saturated rings. The van der Waals surface area contributed by atoms with Gasteiger partial charge in [-0.3, -0.25) is 9.20 Å². The molecule has 0 atom stereocenters. The second-order valence-corrected chi connectivity index (χ2v) is 8.61. The zero-order chi connectivity index (χ0) is 23.5. The number of amides is 1. The number of aromatic nitrogens is 2. The zero-order valence-corrected chi connectivity index (χ0v) is 19.3. The second kappa shape index (κ2) is 9.52. The number of halogens is 1. The summed E-state index contributed by atoms with van der Waals surface area (Å²) in [6.07, 6.45) is 4.18. The summed E-state index contributed by atoms with van der Waals surface area (Å²) in [7, 11) is 1.56. The Morgan fingerprint density at radius 1 is 1.15 bits per heavy atom. The smallest absolute Gasteiger partial charge is 0.258 e. The normalized spacial score (nSPS) is 11.1. The van der Waals surface area contributed by atoms with E-state index < -0.39 is 0 Å². The van der Waals surface area contributed by atoms with Crippen LogP contribution in [0.25, 0.3) is 16.2 Å². The summed E-state index contributed by atoms with van der Waals surface area (Å²) in [5.74, 6) is 0.841. The van der Waals surface area contributed by atoms with E-state index >= 15 is 0 Å². The third-order valence-electron chi connectivity index (χ3n) is 5.61. The van der Waals surface area contributed by atoms with E-state index in [0.29, 0.717) is 36.6 Å². The molecule has 0 saturated carbocycles. The lowest BCUT2D eigenvalue weighted by atomic mass is 10.1. The maximum absolute atomic E-state index is 13.4. The van der Waals surface area contributed by atoms with Gasteiger partial charge in [-0.2, -0.15) is 0 Å². The quantitative estimate of drug-likeness (QED) is 0.289. The van der Waals surface area contributed by atoms with E-state index in [2.05, 4.69) is 10.4 Å². The molecule has 8 heteroatoms. The Morgan fingerprint density at radius 2 is 1.97 bits per heavy atom. The lowest BCUT2D eigenvalue weighted by molar-refractivity contribution is 0.0729. The molecule has 0 aliphatic carbocycles. The number of rotatable bonds is 8. The fourth-order valence-electron chi connectivity index (χ4n) is 3.85. The van der Waals surface area contributed by atoms with Crippen molar-refractivity contribution in [1.29, 1.82) is 0 Å². The Hall–Kier alpha value is -3.91. The molecule has 3 heterocycles. The standard InChI is InChI=1S/C26H22FN3O3S/c1-32-24-7-3-2-6-22(24)25(31)29(15-21-5-4-14-33-21)13-12-20-17-34-26-28-23(16-30(20)26)18-8-10-19(27)11-9-18/h2-11,14,16-17H,12-13,15H2,1H3. The van der Waals surface area contributed by atoms with Crippen molar-refractivity contribution in [3.8, 4) is 17.0 Å². The van der Waals surface area contributed by atoms with Crippen molar-refractivity contribution in [2.45, 2.75) is 13.0 Å². The van der Waals surface area contributed by atoms with E-state index in [1.165, 1.54) is 23.5 Å². The molecule has 0 unspecified atom stereocenters. The number of methoxy groups -OCH3 is 1. The van der Waals surface area contributed by atoms with Gasteiger partial charge < -0.3 is 14.1 Å². The average Bonchev–Trinajstić information content (AvgIpc) is 3.60. The van der Waals surface area contributed by atoms with Gasteiger partial charge in [0.25, 0.3) is 5.91 Å². The molecule has 1 amide bonds. The number of para-hydroxylation sites is 1. The van der Waals surface area contributed by atoms with Crippen molar-refractivity contribution in [1.82, 2.24) is 14.3 Å². The number of hydrogen-bond donors (Lipinski definition) is 0. The lowest BCUT2D eigenvalue weighted by Crippen LogP contribution is -2.32. The van der Waals surface area contributed by atoms with E-state index in [4.69, 9.17) is 9.15 Å². The maximum atomic E-state index is 13.4. The predicted octanol–water partition coefficient (Wildman–Crippen LogP) is 5.69. The number of nitrogens with zero attached hydrogens (tertiary/aromatic N) is 3. The van der Waals surface area contributed by atoms with Gasteiger partial charge in [0.1, 0.15) is 17.3 Å². The molecule has 6 nitrogen and oxygen atoms in total. The molecular weight excluding hydrogens is 453 g/mol. The molecule has 0 saturated heterocycles. The Labute approximate surface area is 199 Å². The van der Waals surface area contributed by atoms with Crippen LogP contribution in [0.4, 0.5) is 4.39 Å². The van der Waals surface area contributed by atoms with Crippen molar-refractivity contribution < 1.29 is 18.3 Å². The molecule has 0 radical (unpaired) electrons. The summed E-state index contributed by atoms with van der Waals surface area (Å²) in [6.45, 7) is 0.829. The summed E-state index contributed by atoms with van der Waals surface area (Å²) in [6, 6.07) is 17.2. The molecule has 3 aromatic heterocycles. The Bertz CT molecular complexity index is 1410. The molecule has 0 spiro atoms. The van der Waals surface area contributed by atoms with Crippen LogP contribution in [0.1, 0.15) is 21.8 Å². The Morgan fingerprint density at radius 3 is 2.74 bits per heavy atom. The van der Waals surface area contributed by atoms with Gasteiger partial charge in [-0.25, -0.2) is 9.37 Å². The molecule has 2 aromatic carbocycles. The minimum absolute atomic E-state index is 0.127. The number of thiazole rings is 1. The lowest BCUT2D eigenvalue weighted by Gasteiger charge is -2.22. The monoisotopic (exact) mass is 475 g/mol. The van der Waals surface area contributed by atoms with Gasteiger partial charge in [0, 0.05) is 35.8 Å². The highest BCUT2D eigenvalue weighted by molar-refractivity contribution is 7.15. The minimum atomic E-state index is -0.276. The van der Waals surface area contributed by atoms with Crippen LogP contribution in [-0.2, 0) is 13.0 Å². The fraction of sp³-hybridized carbons (Fsp3) is 0.154. The molecule has 0 aliphatic heterocycles. The number of furan rings is 1. The van der Waals surface area contributed by atoms with Crippen molar-refractivity contribution in [2.75, 3.05) is 13.7 Å². The van der Waals surface area contributed by atoms with E-state index in [9.17, 15) is 9.18 Å². The number of carbonyl (C=O) groups is 1. The molecule has 0 bridgehead atoms. The molecule has 34 heavy (non-hydrogen) atoms. The third-order valence-corrected chi connectivity index (χ3v) is 6.50. The number of fused-ring (bicyclic) bond motifs is 1. The van der Waals surface area contributed by atoms with Crippen LogP contribution >= 0.6 is 11.3 Å². The topological polar surface area (TPSA) is 60.0 Å². The van der Waals surface area contributed by atoms with Gasteiger partial charge in [-0.05, 0) is 48.5 Å². The van der Waals surface area contributed by atoms with E-state index in [1.807, 2.05) is 34.9 Å². The average molecular weight is 476 g/mol. The van der Waals surface area contributed by atoms with E-state index in [0.717, 1.165) is 21.9 Å². The largest absolute Gasteiger partial charge is 0.496 e. The highest BCUT2D eigenvalue weighted by Crippen LogP contribution is 2.25. The first kappa shape index (κ1) is 21.9. The van der Waals surface area contributed by atoms with Crippen LogP contribution in [-0.4, -0.2) is 33.8 Å². The van der Waals surface area contributed by atoms with Gasteiger partial charge in [-0.1, -0.05) is 12.1 Å². The third kappa shape index (κ3) is 4.45. The van der Waals surface area contributed by atoms with Crippen molar-refractivity contribution in [3.63, 3.8) is 0 Å². The molecule has 172 valence electrons. The van der Waals surface area contributed by atoms with Crippen LogP contribution < -0.4 is 4.74 Å². The summed E-state index contributed by atoms with van der Waals surface area (Å²) in [5.41, 5.74) is 3.19. The molecular formula is C26H22FN3O3S. The Balaban J connectivity index is 1.39. The Kier molecular flexibility index (Phi) is 6.14. The number of benzene rings is 2. The van der Waals surface area contributed by atoms with Crippen LogP contribution in [0.3, 0.4) is 0 Å². The predicted molar refractivity (Wildman–Crippen MR) is 129 cm³/mol. The van der Waals surface area contributed by atoms with Gasteiger partial charge >= 0.3 is 0 Å². The highest BCUT2D eigenvalue weighted by Gasteiger charge is 2.21. The molecule has 0 N–H and O–H groups in total. The van der Waals surface area contributed by atoms with Crippen molar-refractivity contribution in [3.05, 3.63) is 101 Å². The first-order chi connectivity index (χ1) is 16.6. The summed E-state index contributed by atoms with van der Waals surface area (Å²) in [4.78, 5) is 20.7. The van der Waals surface area contributed by atoms with E-state index in [1.54, 1.807) is 42.5 Å². The van der Waals surface area contributed by atoms with Crippen LogP contribution in [0.15, 0.2) is 82.9 Å². The molecule has 5 aromatic rings. The van der Waals surface area contributed by atoms with E-state index in [-0.39, 0.29) is 11.7 Å². The van der Waals surface area contributed by atoms with Gasteiger partial charge in [-0.15, -0.1) is 11.3 Å². The zero-order valence-electron chi connectivity index (χ0n) is 18.5. The summed E-state index contributed by atoms with van der Waals surface area (Å²) in [5, 5.41) is 2.05. The van der Waals surface area contributed by atoms with Gasteiger partial charge in [0.05, 0.1) is 31.2 Å². The SMILES string of the molecule is COc1ccccc1C(=O)N(CCc1csc2nc(-c3ccc(F)cc3)cn12)Cc1ccco1. The molecule has 0 aliphatic rings. The highest BCUT2D eigenvalue weighted by atomic mass is 32.1. The van der Waals surface area contributed by atoms with Crippen molar-refractivity contribution in [2.24, 2.45) is 0 Å². The van der Waals surface area contributed by atoms with Gasteiger partial charge in [0.2, 0.25) is 0 Å². The van der Waals surface area contributed by atoms with Crippen LogP contribution in [0.2, 0.25) is 0 Å².